The third kappa shape index (κ3) is 2.59. The Hall–Kier alpha value is -2.42. The van der Waals surface area contributed by atoms with Gasteiger partial charge in [0.15, 0.2) is 0 Å². The molecule has 0 aliphatic rings. The van der Waals surface area contributed by atoms with E-state index in [4.69, 9.17) is 10.5 Å². The number of benzene rings is 2. The number of nitrogens with zero attached hydrogens (tertiary/aromatic N) is 1. The van der Waals surface area contributed by atoms with Crippen molar-refractivity contribution in [1.29, 1.82) is 0 Å². The summed E-state index contributed by atoms with van der Waals surface area (Å²) in [6.07, 6.45) is 0. The maximum Gasteiger partial charge on any atom is 0.128 e. The van der Waals surface area contributed by atoms with E-state index in [2.05, 4.69) is 36.6 Å². The first-order valence-corrected chi connectivity index (χ1v) is 7.25. The Balaban J connectivity index is 1.92. The molecule has 0 saturated carbocycles. The van der Waals surface area contributed by atoms with Crippen molar-refractivity contribution in [2.75, 3.05) is 5.73 Å². The predicted molar refractivity (Wildman–Crippen MR) is 87.5 cm³/mol. The number of para-hydroxylation sites is 1. The van der Waals surface area contributed by atoms with Gasteiger partial charge >= 0.3 is 0 Å². The molecule has 0 fully saturated rings. The molecular formula is C18H20N2O. The van der Waals surface area contributed by atoms with E-state index in [9.17, 15) is 0 Å². The number of anilines is 1. The van der Waals surface area contributed by atoms with Crippen molar-refractivity contribution in [1.82, 2.24) is 4.57 Å². The van der Waals surface area contributed by atoms with Gasteiger partial charge in [0.1, 0.15) is 12.4 Å². The second-order valence-electron chi connectivity index (χ2n) is 5.25. The lowest BCUT2D eigenvalue weighted by Crippen LogP contribution is -2.05. The van der Waals surface area contributed by atoms with Crippen LogP contribution in [0.2, 0.25) is 0 Å². The molecule has 3 rings (SSSR count). The van der Waals surface area contributed by atoms with Gasteiger partial charge in [0, 0.05) is 23.1 Å². The van der Waals surface area contributed by atoms with Gasteiger partial charge in [-0.2, -0.15) is 0 Å². The third-order valence-corrected chi connectivity index (χ3v) is 3.80. The highest BCUT2D eigenvalue weighted by atomic mass is 16.5. The summed E-state index contributed by atoms with van der Waals surface area (Å²) in [4.78, 5) is 0. The molecule has 3 heteroatoms. The fourth-order valence-corrected chi connectivity index (χ4v) is 2.71. The number of ether oxygens (including phenoxy) is 1. The highest BCUT2D eigenvalue weighted by Gasteiger charge is 2.09. The lowest BCUT2D eigenvalue weighted by Gasteiger charge is -2.11. The smallest absolute Gasteiger partial charge is 0.128 e. The average molecular weight is 280 g/mol. The summed E-state index contributed by atoms with van der Waals surface area (Å²) in [6.45, 7) is 5.69. The number of fused-ring (bicyclic) bond motifs is 1. The van der Waals surface area contributed by atoms with Crippen LogP contribution in [0.1, 0.15) is 18.2 Å². The molecule has 21 heavy (non-hydrogen) atoms. The predicted octanol–water partition coefficient (Wildman–Crippen LogP) is 4.13. The van der Waals surface area contributed by atoms with E-state index in [1.165, 1.54) is 16.6 Å². The van der Waals surface area contributed by atoms with Crippen LogP contribution in [0.25, 0.3) is 10.9 Å². The van der Waals surface area contributed by atoms with E-state index in [-0.39, 0.29) is 0 Å². The van der Waals surface area contributed by atoms with E-state index in [1.54, 1.807) is 0 Å². The quantitative estimate of drug-likeness (QED) is 0.730. The van der Waals surface area contributed by atoms with Crippen molar-refractivity contribution in [2.45, 2.75) is 27.0 Å². The molecule has 1 heterocycles. The molecule has 1 aromatic heterocycles. The fraction of sp³-hybridized carbons (Fsp3) is 0.222. The zero-order valence-corrected chi connectivity index (χ0v) is 12.5. The van der Waals surface area contributed by atoms with E-state index in [0.29, 0.717) is 6.61 Å². The van der Waals surface area contributed by atoms with Crippen LogP contribution in [0.3, 0.4) is 0 Å². The minimum Gasteiger partial charge on any atom is -0.487 e. The topological polar surface area (TPSA) is 40.2 Å². The van der Waals surface area contributed by atoms with Gasteiger partial charge in [-0.15, -0.1) is 0 Å². The maximum atomic E-state index is 5.97. The summed E-state index contributed by atoms with van der Waals surface area (Å²) in [5.41, 5.74) is 10.2. The van der Waals surface area contributed by atoms with Gasteiger partial charge in [-0.05, 0) is 49.7 Å². The molecule has 0 amide bonds. The van der Waals surface area contributed by atoms with Gasteiger partial charge in [0.25, 0.3) is 0 Å². The number of aryl methyl sites for hydroxylation is 2. The highest BCUT2D eigenvalue weighted by molar-refractivity contribution is 5.84. The van der Waals surface area contributed by atoms with Gasteiger partial charge in [-0.3, -0.25) is 0 Å². The first kappa shape index (κ1) is 13.6. The number of hydrogen-bond acceptors (Lipinski definition) is 2. The molecule has 0 aliphatic heterocycles. The van der Waals surface area contributed by atoms with Crippen LogP contribution in [0, 0.1) is 6.92 Å². The Bertz CT molecular complexity index is 774. The number of rotatable bonds is 4. The lowest BCUT2D eigenvalue weighted by molar-refractivity contribution is 0.294. The van der Waals surface area contributed by atoms with Gasteiger partial charge in [0.05, 0.1) is 5.69 Å². The van der Waals surface area contributed by atoms with Gasteiger partial charge in [0.2, 0.25) is 0 Å². The zero-order valence-electron chi connectivity index (χ0n) is 12.5. The molecule has 0 saturated heterocycles. The molecule has 3 aromatic rings. The van der Waals surface area contributed by atoms with Gasteiger partial charge in [-0.25, -0.2) is 0 Å². The van der Waals surface area contributed by atoms with Crippen LogP contribution in [0.5, 0.6) is 5.75 Å². The number of nitrogen functional groups attached to an aromatic ring is 1. The molecule has 0 atom stereocenters. The van der Waals surface area contributed by atoms with E-state index >= 15 is 0 Å². The Morgan fingerprint density at radius 1 is 1.10 bits per heavy atom. The highest BCUT2D eigenvalue weighted by Crippen LogP contribution is 2.24. The van der Waals surface area contributed by atoms with Crippen LogP contribution in [-0.4, -0.2) is 4.57 Å². The molecule has 0 radical (unpaired) electrons. The Morgan fingerprint density at radius 2 is 1.90 bits per heavy atom. The van der Waals surface area contributed by atoms with E-state index in [0.717, 1.165) is 23.5 Å². The first-order valence-electron chi connectivity index (χ1n) is 7.25. The second kappa shape index (κ2) is 5.52. The Kier molecular flexibility index (Phi) is 3.57. The van der Waals surface area contributed by atoms with Crippen molar-refractivity contribution in [3.8, 4) is 5.75 Å². The van der Waals surface area contributed by atoms with Crippen LogP contribution in [0.4, 0.5) is 5.69 Å². The normalized spacial score (nSPS) is 11.0. The monoisotopic (exact) mass is 280 g/mol. The molecule has 108 valence electrons. The van der Waals surface area contributed by atoms with E-state index in [1.807, 2.05) is 30.3 Å². The van der Waals surface area contributed by atoms with Crippen LogP contribution in [0.15, 0.2) is 48.5 Å². The molecular weight excluding hydrogens is 260 g/mol. The summed E-state index contributed by atoms with van der Waals surface area (Å²) >= 11 is 0. The summed E-state index contributed by atoms with van der Waals surface area (Å²) < 4.78 is 8.24. The molecule has 0 unspecified atom stereocenters. The minimum absolute atomic E-state index is 0.563. The van der Waals surface area contributed by atoms with Crippen molar-refractivity contribution >= 4 is 16.6 Å². The largest absolute Gasteiger partial charge is 0.487 e. The van der Waals surface area contributed by atoms with Gasteiger partial charge < -0.3 is 15.0 Å². The lowest BCUT2D eigenvalue weighted by atomic mass is 10.2. The van der Waals surface area contributed by atoms with Crippen LogP contribution in [-0.2, 0) is 13.2 Å². The Labute approximate surface area is 125 Å². The number of nitrogens with two attached hydrogens (primary N) is 1. The summed E-state index contributed by atoms with van der Waals surface area (Å²) in [6, 6.07) is 16.3. The van der Waals surface area contributed by atoms with Crippen LogP contribution >= 0.6 is 0 Å². The zero-order chi connectivity index (χ0) is 14.8. The summed E-state index contributed by atoms with van der Waals surface area (Å²) in [5.74, 6) is 0.935. The number of hydrogen-bond donors (Lipinski definition) is 1. The molecule has 2 N–H and O–H groups in total. The first-order chi connectivity index (χ1) is 10.2. The van der Waals surface area contributed by atoms with Crippen molar-refractivity contribution in [3.05, 3.63) is 59.8 Å². The minimum atomic E-state index is 0.563. The van der Waals surface area contributed by atoms with Gasteiger partial charge in [-0.1, -0.05) is 18.2 Å². The molecule has 0 spiro atoms. The molecule has 0 aliphatic carbocycles. The third-order valence-electron chi connectivity index (χ3n) is 3.80. The Morgan fingerprint density at radius 3 is 2.67 bits per heavy atom. The van der Waals surface area contributed by atoms with Crippen LogP contribution < -0.4 is 10.5 Å². The second-order valence-corrected chi connectivity index (χ2v) is 5.25. The molecule has 0 bridgehead atoms. The molecule has 2 aromatic carbocycles. The summed E-state index contributed by atoms with van der Waals surface area (Å²) in [7, 11) is 0. The van der Waals surface area contributed by atoms with Crippen molar-refractivity contribution < 1.29 is 4.74 Å². The summed E-state index contributed by atoms with van der Waals surface area (Å²) in [5, 5.41) is 1.17. The average Bonchev–Trinajstić information content (AvgIpc) is 2.82. The van der Waals surface area contributed by atoms with Crippen molar-refractivity contribution in [2.24, 2.45) is 0 Å². The molecule has 3 nitrogen and oxygen atoms in total. The van der Waals surface area contributed by atoms with Crippen molar-refractivity contribution in [3.63, 3.8) is 0 Å². The number of aromatic nitrogens is 1. The SMILES string of the molecule is CCn1c(COc2ccccc2C)cc2cc(N)ccc21. The fourth-order valence-electron chi connectivity index (χ4n) is 2.71. The van der Waals surface area contributed by atoms with E-state index < -0.39 is 0 Å². The standard InChI is InChI=1S/C18H20N2O/c1-3-20-16(11-14-10-15(19)8-9-17(14)20)12-21-18-7-5-4-6-13(18)2/h4-11H,3,12,19H2,1-2H3. The maximum absolute atomic E-state index is 5.97.